The summed E-state index contributed by atoms with van der Waals surface area (Å²) >= 11 is 0. The fraction of sp³-hybridized carbons (Fsp3) is 1.00. The van der Waals surface area contributed by atoms with Gasteiger partial charge in [-0.3, -0.25) is 0 Å². The highest BCUT2D eigenvalue weighted by molar-refractivity contribution is 4.81. The van der Waals surface area contributed by atoms with Crippen molar-refractivity contribution in [3.05, 3.63) is 0 Å². The third-order valence-corrected chi connectivity index (χ3v) is 2.02. The van der Waals surface area contributed by atoms with E-state index in [9.17, 15) is 10.2 Å². The molecule has 0 aromatic heterocycles. The van der Waals surface area contributed by atoms with E-state index < -0.39 is 18.3 Å². The van der Waals surface area contributed by atoms with Crippen LogP contribution >= 0.6 is 0 Å². The molecule has 4 nitrogen and oxygen atoms in total. The van der Waals surface area contributed by atoms with Gasteiger partial charge in [-0.2, -0.15) is 0 Å². The molecular formula is C7H14O4. The van der Waals surface area contributed by atoms with Gasteiger partial charge in [-0.15, -0.1) is 0 Å². The lowest BCUT2D eigenvalue weighted by molar-refractivity contribution is -0.173. The highest BCUT2D eigenvalue weighted by Crippen LogP contribution is 2.19. The van der Waals surface area contributed by atoms with Crippen LogP contribution in [0.2, 0.25) is 0 Å². The lowest BCUT2D eigenvalue weighted by atomic mass is 10.00. The summed E-state index contributed by atoms with van der Waals surface area (Å²) in [7, 11) is 0. The molecule has 11 heavy (non-hydrogen) atoms. The van der Waals surface area contributed by atoms with Crippen LogP contribution in [0.1, 0.15) is 13.3 Å². The van der Waals surface area contributed by atoms with Crippen LogP contribution in [0, 0.1) is 0 Å². The summed E-state index contributed by atoms with van der Waals surface area (Å²) < 4.78 is 5.11. The molecule has 0 spiro atoms. The molecule has 4 atom stereocenters. The van der Waals surface area contributed by atoms with E-state index in [2.05, 4.69) is 0 Å². The molecular weight excluding hydrogens is 148 g/mol. The minimum absolute atomic E-state index is 0.196. The number of aliphatic hydroxyl groups is 3. The van der Waals surface area contributed by atoms with Gasteiger partial charge in [0.2, 0.25) is 0 Å². The van der Waals surface area contributed by atoms with Crippen molar-refractivity contribution < 1.29 is 20.1 Å². The first-order chi connectivity index (χ1) is 5.15. The highest BCUT2D eigenvalue weighted by Gasteiger charge is 2.32. The van der Waals surface area contributed by atoms with Gasteiger partial charge >= 0.3 is 0 Å². The fourth-order valence-corrected chi connectivity index (χ4v) is 1.21. The Kier molecular flexibility index (Phi) is 2.84. The van der Waals surface area contributed by atoms with Crippen molar-refractivity contribution in [3.8, 4) is 0 Å². The lowest BCUT2D eigenvalue weighted by Crippen LogP contribution is -2.47. The standard InChI is InChI=1S/C7H14O4/c1-4-5(9)2-6(10)7(3-8)11-4/h4-10H,2-3H2,1H3/t4?,5-,6+,7-/m1/s1. The van der Waals surface area contributed by atoms with Gasteiger partial charge in [0.15, 0.2) is 0 Å². The number of hydrogen-bond donors (Lipinski definition) is 3. The molecule has 0 aromatic carbocycles. The van der Waals surface area contributed by atoms with E-state index in [-0.39, 0.29) is 19.1 Å². The van der Waals surface area contributed by atoms with Gasteiger partial charge in [-0.05, 0) is 6.92 Å². The molecule has 1 heterocycles. The molecule has 66 valence electrons. The largest absolute Gasteiger partial charge is 0.394 e. The Hall–Kier alpha value is -0.160. The molecule has 1 aliphatic heterocycles. The molecule has 1 unspecified atom stereocenters. The molecule has 1 fully saturated rings. The fourth-order valence-electron chi connectivity index (χ4n) is 1.21. The van der Waals surface area contributed by atoms with E-state index in [1.54, 1.807) is 6.92 Å². The van der Waals surface area contributed by atoms with Gasteiger partial charge in [0.1, 0.15) is 6.10 Å². The normalized spacial score (nSPS) is 45.8. The topological polar surface area (TPSA) is 69.9 Å². The zero-order chi connectivity index (χ0) is 8.43. The summed E-state index contributed by atoms with van der Waals surface area (Å²) in [6.07, 6.45) is -1.91. The molecule has 1 saturated heterocycles. The monoisotopic (exact) mass is 162 g/mol. The minimum atomic E-state index is -0.744. The molecule has 0 bridgehead atoms. The quantitative estimate of drug-likeness (QED) is 0.456. The van der Waals surface area contributed by atoms with E-state index in [0.717, 1.165) is 0 Å². The van der Waals surface area contributed by atoms with Crippen LogP contribution in [-0.4, -0.2) is 46.3 Å². The van der Waals surface area contributed by atoms with Crippen molar-refractivity contribution >= 4 is 0 Å². The van der Waals surface area contributed by atoms with Crippen molar-refractivity contribution in [1.82, 2.24) is 0 Å². The number of hydrogen-bond acceptors (Lipinski definition) is 4. The molecule has 1 rings (SSSR count). The van der Waals surface area contributed by atoms with Crippen molar-refractivity contribution in [2.75, 3.05) is 6.61 Å². The van der Waals surface area contributed by atoms with Gasteiger partial charge in [0.25, 0.3) is 0 Å². The first-order valence-corrected chi connectivity index (χ1v) is 3.77. The van der Waals surface area contributed by atoms with Gasteiger partial charge in [0, 0.05) is 6.42 Å². The van der Waals surface area contributed by atoms with E-state index >= 15 is 0 Å². The Labute approximate surface area is 65.4 Å². The molecule has 3 N–H and O–H groups in total. The summed E-state index contributed by atoms with van der Waals surface area (Å²) in [5.41, 5.74) is 0. The Balaban J connectivity index is 2.48. The van der Waals surface area contributed by atoms with Crippen LogP contribution in [0.25, 0.3) is 0 Å². The van der Waals surface area contributed by atoms with Crippen LogP contribution < -0.4 is 0 Å². The second kappa shape index (κ2) is 3.49. The van der Waals surface area contributed by atoms with Gasteiger partial charge in [-0.1, -0.05) is 0 Å². The Morgan fingerprint density at radius 1 is 1.36 bits per heavy atom. The first-order valence-electron chi connectivity index (χ1n) is 3.77. The zero-order valence-electron chi connectivity index (χ0n) is 6.47. The smallest absolute Gasteiger partial charge is 0.107 e. The predicted molar refractivity (Wildman–Crippen MR) is 38.1 cm³/mol. The van der Waals surface area contributed by atoms with Crippen LogP contribution in [0.15, 0.2) is 0 Å². The predicted octanol–water partition coefficient (Wildman–Crippen LogP) is -1.12. The number of aliphatic hydroxyl groups excluding tert-OH is 3. The molecule has 1 aliphatic rings. The molecule has 0 aliphatic carbocycles. The van der Waals surface area contributed by atoms with Crippen LogP contribution in [0.3, 0.4) is 0 Å². The third kappa shape index (κ3) is 1.90. The summed E-state index contributed by atoms with van der Waals surface area (Å²) in [5.74, 6) is 0. The van der Waals surface area contributed by atoms with Gasteiger partial charge < -0.3 is 20.1 Å². The van der Waals surface area contributed by atoms with E-state index in [4.69, 9.17) is 9.84 Å². The van der Waals surface area contributed by atoms with Crippen LogP contribution in [0.4, 0.5) is 0 Å². The number of rotatable bonds is 1. The highest BCUT2D eigenvalue weighted by atomic mass is 16.5. The average Bonchev–Trinajstić information content (AvgIpc) is 1.97. The van der Waals surface area contributed by atoms with Crippen molar-refractivity contribution in [1.29, 1.82) is 0 Å². The summed E-state index contributed by atoms with van der Waals surface area (Å²) in [4.78, 5) is 0. The molecule has 4 heteroatoms. The van der Waals surface area contributed by atoms with Gasteiger partial charge in [0.05, 0.1) is 24.9 Å². The molecule has 0 saturated carbocycles. The second-order valence-corrected chi connectivity index (χ2v) is 2.93. The van der Waals surface area contributed by atoms with E-state index in [0.29, 0.717) is 0 Å². The summed E-state index contributed by atoms with van der Waals surface area (Å²) in [6.45, 7) is 1.53. The van der Waals surface area contributed by atoms with Crippen molar-refractivity contribution in [2.45, 2.75) is 37.8 Å². The Morgan fingerprint density at radius 2 is 2.00 bits per heavy atom. The second-order valence-electron chi connectivity index (χ2n) is 2.93. The van der Waals surface area contributed by atoms with E-state index in [1.165, 1.54) is 0 Å². The zero-order valence-corrected chi connectivity index (χ0v) is 6.47. The summed E-state index contributed by atoms with van der Waals surface area (Å²) in [6, 6.07) is 0. The average molecular weight is 162 g/mol. The first kappa shape index (κ1) is 8.93. The molecule has 0 radical (unpaired) electrons. The Morgan fingerprint density at radius 3 is 2.55 bits per heavy atom. The minimum Gasteiger partial charge on any atom is -0.394 e. The maximum atomic E-state index is 9.21. The third-order valence-electron chi connectivity index (χ3n) is 2.02. The maximum absolute atomic E-state index is 9.21. The maximum Gasteiger partial charge on any atom is 0.107 e. The van der Waals surface area contributed by atoms with E-state index in [1.807, 2.05) is 0 Å². The SMILES string of the molecule is CC1O[C@H](CO)[C@@H](O)C[C@H]1O. The van der Waals surface area contributed by atoms with Crippen LogP contribution in [-0.2, 0) is 4.74 Å². The van der Waals surface area contributed by atoms with Crippen molar-refractivity contribution in [2.24, 2.45) is 0 Å². The van der Waals surface area contributed by atoms with Crippen molar-refractivity contribution in [3.63, 3.8) is 0 Å². The summed E-state index contributed by atoms with van der Waals surface area (Å²) in [5, 5.41) is 27.1. The Bertz CT molecular complexity index is 128. The molecule has 0 amide bonds. The lowest BCUT2D eigenvalue weighted by Gasteiger charge is -2.34. The van der Waals surface area contributed by atoms with Crippen LogP contribution in [0.5, 0.6) is 0 Å². The molecule has 0 aromatic rings. The number of ether oxygens (including phenoxy) is 1. The van der Waals surface area contributed by atoms with Gasteiger partial charge in [-0.25, -0.2) is 0 Å².